The van der Waals surface area contributed by atoms with Gasteiger partial charge < -0.3 is 44.6 Å². The third kappa shape index (κ3) is 10.1. The number of rotatable bonds is 6. The molecule has 0 aliphatic carbocycles. The van der Waals surface area contributed by atoms with Crippen molar-refractivity contribution in [3.63, 3.8) is 0 Å². The summed E-state index contributed by atoms with van der Waals surface area (Å²) < 4.78 is 0. The predicted octanol–water partition coefficient (Wildman–Crippen LogP) is 2.30. The van der Waals surface area contributed by atoms with Crippen LogP contribution in [0.15, 0.2) is 24.3 Å². The molecule has 0 unspecified atom stereocenters. The van der Waals surface area contributed by atoms with Gasteiger partial charge >= 0.3 is 37.7 Å². The van der Waals surface area contributed by atoms with Gasteiger partial charge in [0, 0.05) is 33.2 Å². The molecule has 9 heteroatoms. The molecule has 2 aromatic carbocycles. The van der Waals surface area contributed by atoms with Crippen LogP contribution < -0.4 is 44.6 Å². The normalized spacial score (nSPS) is 13.4. The number of hydrogen-bond acceptors (Lipinski definition) is 8. The fourth-order valence-electron chi connectivity index (χ4n) is 4.30. The molecule has 0 spiro atoms. The minimum absolute atomic E-state index is 0. The molecule has 0 fully saturated rings. The van der Waals surface area contributed by atoms with E-state index in [1.165, 1.54) is 0 Å². The van der Waals surface area contributed by atoms with Crippen LogP contribution >= 0.6 is 0 Å². The summed E-state index contributed by atoms with van der Waals surface area (Å²) in [6, 6.07) is 6.78. The van der Waals surface area contributed by atoms with Crippen LogP contribution in [0.5, 0.6) is 11.5 Å². The van der Waals surface area contributed by atoms with Crippen LogP contribution in [0.2, 0.25) is 0 Å². The van der Waals surface area contributed by atoms with E-state index in [1.54, 1.807) is 12.1 Å². The Hall–Kier alpha value is -0.940. The zero-order valence-electron chi connectivity index (χ0n) is 26.3. The first-order valence-corrected chi connectivity index (χ1v) is 12.9. The van der Waals surface area contributed by atoms with Crippen LogP contribution in [0, 0.1) is 0 Å². The molecule has 0 bridgehead atoms. The molecule has 0 heterocycles. The third-order valence-corrected chi connectivity index (χ3v) is 6.40. The van der Waals surface area contributed by atoms with E-state index in [4.69, 9.17) is 34.4 Å². The standard InChI is InChI=1S/2C15H27N3O.Ca/c2*1-13(2,16)9-7-11(15(5,6)18)12(19)8-10(9)14(3,4)17;/h2*7-8,19H,16-18H2,1-6H3;/q;;+2/p-2. The molecule has 0 aliphatic rings. The molecule has 0 atom stereocenters. The molecule has 0 saturated carbocycles. The van der Waals surface area contributed by atoms with Crippen molar-refractivity contribution in [3.05, 3.63) is 57.6 Å². The van der Waals surface area contributed by atoms with Gasteiger partial charge in [-0.15, -0.1) is 11.5 Å². The summed E-state index contributed by atoms with van der Waals surface area (Å²) in [5.41, 5.74) is 37.5. The Morgan fingerprint density at radius 3 is 0.667 bits per heavy atom. The van der Waals surface area contributed by atoms with E-state index in [0.29, 0.717) is 11.1 Å². The molecule has 2 rings (SSSR count). The summed E-state index contributed by atoms with van der Waals surface area (Å²) in [6.07, 6.45) is 0. The van der Waals surface area contributed by atoms with Crippen molar-refractivity contribution in [1.82, 2.24) is 0 Å². The fourth-order valence-corrected chi connectivity index (χ4v) is 4.30. The SMILES string of the molecule is CC(C)(N)c1cc(C(C)(C)N)c(C(C)(C)N)cc1[O-].CC(C)(N)c1cc(C(C)(C)N)c(C(C)(C)N)cc1[O-].[Ca+2]. The van der Waals surface area contributed by atoms with Crippen LogP contribution in [0.3, 0.4) is 0 Å². The zero-order chi connectivity index (χ0) is 30.4. The molecule has 8 nitrogen and oxygen atoms in total. The van der Waals surface area contributed by atoms with Gasteiger partial charge in [0.1, 0.15) is 0 Å². The molecule has 12 N–H and O–H groups in total. The van der Waals surface area contributed by atoms with Crippen LogP contribution in [0.1, 0.15) is 116 Å². The molecule has 2 aromatic rings. The number of nitrogens with two attached hydrogens (primary N) is 6. The van der Waals surface area contributed by atoms with Gasteiger partial charge in [-0.25, -0.2) is 0 Å². The molecule has 0 amide bonds. The van der Waals surface area contributed by atoms with Gasteiger partial charge in [-0.05, 0) is 116 Å². The first kappa shape index (κ1) is 38.1. The van der Waals surface area contributed by atoms with Crippen molar-refractivity contribution in [3.8, 4) is 11.5 Å². The summed E-state index contributed by atoms with van der Waals surface area (Å²) >= 11 is 0. The monoisotopic (exact) mass is 568 g/mol. The van der Waals surface area contributed by atoms with Crippen LogP contribution in [-0.2, 0) is 33.2 Å². The number of hydrogen-bond donors (Lipinski definition) is 6. The maximum atomic E-state index is 12.2. The van der Waals surface area contributed by atoms with Crippen LogP contribution in [0.25, 0.3) is 0 Å². The van der Waals surface area contributed by atoms with E-state index in [2.05, 4.69) is 0 Å². The Morgan fingerprint density at radius 1 is 0.359 bits per heavy atom. The van der Waals surface area contributed by atoms with Gasteiger partial charge in [-0.2, -0.15) is 0 Å². The first-order valence-electron chi connectivity index (χ1n) is 12.9. The quantitative estimate of drug-likeness (QED) is 0.285. The molecular formula is C30H52CaN6O2. The van der Waals surface area contributed by atoms with Crippen molar-refractivity contribution < 1.29 is 10.2 Å². The van der Waals surface area contributed by atoms with Crippen molar-refractivity contribution in [2.75, 3.05) is 0 Å². The van der Waals surface area contributed by atoms with Gasteiger partial charge in [-0.3, -0.25) is 0 Å². The molecule has 0 aliphatic heterocycles. The molecule has 0 saturated heterocycles. The average Bonchev–Trinajstić information content (AvgIpc) is 2.62. The van der Waals surface area contributed by atoms with Crippen molar-refractivity contribution in [2.24, 2.45) is 34.4 Å². The Morgan fingerprint density at radius 2 is 0.513 bits per heavy atom. The third-order valence-electron chi connectivity index (χ3n) is 6.40. The van der Waals surface area contributed by atoms with E-state index in [1.807, 2.05) is 95.2 Å². The Bertz CT molecular complexity index is 1050. The summed E-state index contributed by atoms with van der Waals surface area (Å²) in [5, 5.41) is 24.5. The first-order chi connectivity index (χ1) is 16.5. The second-order valence-corrected chi connectivity index (χ2v) is 14.1. The topological polar surface area (TPSA) is 202 Å². The maximum Gasteiger partial charge on any atom is 2.00 e. The molecule has 0 radical (unpaired) electrons. The van der Waals surface area contributed by atoms with Gasteiger partial charge in [-0.1, -0.05) is 24.3 Å². The minimum Gasteiger partial charge on any atom is -0.872 e. The summed E-state index contributed by atoms with van der Waals surface area (Å²) in [5.74, 6) is -0.178. The molecule has 0 aromatic heterocycles. The van der Waals surface area contributed by atoms with E-state index in [-0.39, 0.29) is 49.2 Å². The summed E-state index contributed by atoms with van der Waals surface area (Å²) in [6.45, 7) is 22.3. The molecular weight excluding hydrogens is 516 g/mol. The number of benzene rings is 2. The minimum atomic E-state index is -0.700. The van der Waals surface area contributed by atoms with E-state index < -0.39 is 33.2 Å². The predicted molar refractivity (Wildman–Crippen MR) is 161 cm³/mol. The van der Waals surface area contributed by atoms with Gasteiger partial charge in [0.25, 0.3) is 0 Å². The zero-order valence-corrected chi connectivity index (χ0v) is 28.5. The van der Waals surface area contributed by atoms with Crippen molar-refractivity contribution >= 4 is 37.7 Å². The maximum absolute atomic E-state index is 12.2. The fraction of sp³-hybridized carbons (Fsp3) is 0.600. The van der Waals surface area contributed by atoms with Crippen molar-refractivity contribution in [2.45, 2.75) is 116 Å². The van der Waals surface area contributed by atoms with E-state index in [0.717, 1.165) is 22.3 Å². The Balaban J connectivity index is 0.000000722. The van der Waals surface area contributed by atoms with E-state index in [9.17, 15) is 10.2 Å². The smallest absolute Gasteiger partial charge is 0.872 e. The second kappa shape index (κ2) is 12.1. The Kier molecular flexibility index (Phi) is 11.8. The van der Waals surface area contributed by atoms with Gasteiger partial charge in [0.15, 0.2) is 0 Å². The second-order valence-electron chi connectivity index (χ2n) is 14.1. The van der Waals surface area contributed by atoms with Crippen molar-refractivity contribution in [1.29, 1.82) is 0 Å². The average molecular weight is 569 g/mol. The van der Waals surface area contributed by atoms with Gasteiger partial charge in [0.05, 0.1) is 0 Å². The van der Waals surface area contributed by atoms with Crippen LogP contribution in [-0.4, -0.2) is 37.7 Å². The van der Waals surface area contributed by atoms with Crippen LogP contribution in [0.4, 0.5) is 0 Å². The van der Waals surface area contributed by atoms with E-state index >= 15 is 0 Å². The van der Waals surface area contributed by atoms with Gasteiger partial charge in [0.2, 0.25) is 0 Å². The summed E-state index contributed by atoms with van der Waals surface area (Å²) in [7, 11) is 0. The largest absolute Gasteiger partial charge is 2.00 e. The molecule has 39 heavy (non-hydrogen) atoms. The summed E-state index contributed by atoms with van der Waals surface area (Å²) in [4.78, 5) is 0. The Labute approximate surface area is 266 Å². The molecule has 216 valence electrons.